The van der Waals surface area contributed by atoms with Gasteiger partial charge in [0.05, 0.1) is 38.1 Å². The molecule has 2 aliphatic heterocycles. The minimum Gasteiger partial charge on any atom is -0.392 e. The average molecular weight is 335 g/mol. The summed E-state index contributed by atoms with van der Waals surface area (Å²) in [6, 6.07) is 9.11. The lowest BCUT2D eigenvalue weighted by Gasteiger charge is -2.52. The van der Waals surface area contributed by atoms with E-state index in [0.29, 0.717) is 6.61 Å². The third kappa shape index (κ3) is 3.39. The lowest BCUT2D eigenvalue weighted by atomic mass is 9.85. The average Bonchev–Trinajstić information content (AvgIpc) is 2.59. The van der Waals surface area contributed by atoms with E-state index in [1.165, 1.54) is 7.11 Å². The summed E-state index contributed by atoms with van der Waals surface area (Å²) in [4.78, 5) is 2.79. The molecule has 0 spiro atoms. The van der Waals surface area contributed by atoms with Crippen molar-refractivity contribution >= 4 is 0 Å². The quantitative estimate of drug-likeness (QED) is 0.484. The highest BCUT2D eigenvalue weighted by Crippen LogP contribution is 2.39. The number of aliphatic hydroxyl groups is 1. The van der Waals surface area contributed by atoms with Crippen LogP contribution in [0.2, 0.25) is 0 Å². The molecule has 2 heterocycles. The third-order valence-electron chi connectivity index (χ3n) is 4.41. The monoisotopic (exact) mass is 335 g/mol. The SMILES string of the molecule is CO[C@H]1OC[C@@H]2O[C@@]1(COCc1ccccc1)C[C@@H](O)[C@H]2N=[N+]=[N-]. The fourth-order valence-corrected chi connectivity index (χ4v) is 3.33. The molecule has 5 atom stereocenters. The number of rotatable bonds is 6. The number of hydrogen-bond donors (Lipinski definition) is 1. The molecule has 0 aliphatic carbocycles. The maximum atomic E-state index is 10.4. The van der Waals surface area contributed by atoms with E-state index in [2.05, 4.69) is 10.0 Å². The van der Waals surface area contributed by atoms with E-state index in [9.17, 15) is 5.11 Å². The predicted molar refractivity (Wildman–Crippen MR) is 84.0 cm³/mol. The molecular formula is C16H21N3O5. The molecule has 3 rings (SSSR count). The summed E-state index contributed by atoms with van der Waals surface area (Å²) >= 11 is 0. The molecule has 1 N–H and O–H groups in total. The number of methoxy groups -OCH3 is 1. The molecule has 2 fully saturated rings. The third-order valence-corrected chi connectivity index (χ3v) is 4.41. The van der Waals surface area contributed by atoms with Crippen LogP contribution in [0, 0.1) is 0 Å². The Morgan fingerprint density at radius 1 is 1.42 bits per heavy atom. The summed E-state index contributed by atoms with van der Waals surface area (Å²) in [5.41, 5.74) is 8.78. The number of azide groups is 1. The summed E-state index contributed by atoms with van der Waals surface area (Å²) in [5, 5.41) is 14.0. The van der Waals surface area contributed by atoms with Gasteiger partial charge in [0.25, 0.3) is 0 Å². The van der Waals surface area contributed by atoms with Gasteiger partial charge in [-0.3, -0.25) is 0 Å². The van der Waals surface area contributed by atoms with E-state index in [4.69, 9.17) is 24.5 Å². The van der Waals surface area contributed by atoms with E-state index < -0.39 is 30.1 Å². The second kappa shape index (κ2) is 7.48. The Morgan fingerprint density at radius 3 is 2.92 bits per heavy atom. The Bertz CT molecular complexity index is 591. The van der Waals surface area contributed by atoms with E-state index in [1.54, 1.807) is 0 Å². The molecule has 24 heavy (non-hydrogen) atoms. The lowest BCUT2D eigenvalue weighted by Crippen LogP contribution is -2.66. The second-order valence-corrected chi connectivity index (χ2v) is 6.07. The fourth-order valence-electron chi connectivity index (χ4n) is 3.33. The van der Waals surface area contributed by atoms with Gasteiger partial charge in [0, 0.05) is 18.4 Å². The van der Waals surface area contributed by atoms with Crippen LogP contribution in [0.4, 0.5) is 0 Å². The maximum Gasteiger partial charge on any atom is 0.188 e. The summed E-state index contributed by atoms with van der Waals surface area (Å²) in [7, 11) is 1.53. The van der Waals surface area contributed by atoms with Gasteiger partial charge < -0.3 is 24.1 Å². The summed E-state index contributed by atoms with van der Waals surface area (Å²) in [6.45, 7) is 0.819. The van der Waals surface area contributed by atoms with Crippen LogP contribution in [-0.2, 0) is 25.6 Å². The Hall–Kier alpha value is -1.67. The standard InChI is InChI=1S/C16H21N3O5/c1-21-15-16(10-22-8-11-5-3-2-4-6-11)7-12(20)14(18-19-17)13(24-16)9-23-15/h2-6,12-15,20H,7-10H2,1H3/t12-,13+,14-,15+,16-/m1/s1. The zero-order valence-corrected chi connectivity index (χ0v) is 13.4. The first-order chi connectivity index (χ1) is 11.7. The normalized spacial score (nSPS) is 35.2. The first-order valence-electron chi connectivity index (χ1n) is 7.85. The van der Waals surface area contributed by atoms with Crippen molar-refractivity contribution in [1.29, 1.82) is 0 Å². The number of benzene rings is 1. The van der Waals surface area contributed by atoms with Gasteiger partial charge in [-0.2, -0.15) is 0 Å². The van der Waals surface area contributed by atoms with E-state index in [-0.39, 0.29) is 19.6 Å². The van der Waals surface area contributed by atoms with Crippen molar-refractivity contribution in [2.75, 3.05) is 20.3 Å². The van der Waals surface area contributed by atoms with Crippen molar-refractivity contribution < 1.29 is 24.1 Å². The molecule has 1 aromatic carbocycles. The van der Waals surface area contributed by atoms with Crippen LogP contribution in [0.15, 0.2) is 35.4 Å². The predicted octanol–water partition coefficient (Wildman–Crippen LogP) is 1.77. The Balaban J connectivity index is 1.71. The van der Waals surface area contributed by atoms with Crippen molar-refractivity contribution in [3.63, 3.8) is 0 Å². The summed E-state index contributed by atoms with van der Waals surface area (Å²) in [6.07, 6.45) is -1.79. The molecular weight excluding hydrogens is 314 g/mol. The van der Waals surface area contributed by atoms with Gasteiger partial charge in [-0.15, -0.1) is 0 Å². The summed E-state index contributed by atoms with van der Waals surface area (Å²) in [5.74, 6) is 0. The topological polar surface area (TPSA) is 106 Å². The minimum absolute atomic E-state index is 0.194. The van der Waals surface area contributed by atoms with Crippen LogP contribution in [0.1, 0.15) is 12.0 Å². The Kier molecular flexibility index (Phi) is 5.35. The molecule has 2 saturated heterocycles. The van der Waals surface area contributed by atoms with Crippen molar-refractivity contribution in [2.45, 2.75) is 43.2 Å². The lowest BCUT2D eigenvalue weighted by molar-refractivity contribution is -0.349. The molecule has 1 aromatic rings. The van der Waals surface area contributed by atoms with Crippen LogP contribution < -0.4 is 0 Å². The van der Waals surface area contributed by atoms with Crippen LogP contribution in [0.25, 0.3) is 10.4 Å². The molecule has 0 saturated carbocycles. The van der Waals surface area contributed by atoms with Crippen molar-refractivity contribution in [1.82, 2.24) is 0 Å². The second-order valence-electron chi connectivity index (χ2n) is 6.07. The molecule has 8 nitrogen and oxygen atoms in total. The molecule has 0 aromatic heterocycles. The largest absolute Gasteiger partial charge is 0.392 e. The van der Waals surface area contributed by atoms with Gasteiger partial charge in [-0.1, -0.05) is 35.4 Å². The highest BCUT2D eigenvalue weighted by atomic mass is 16.7. The van der Waals surface area contributed by atoms with Crippen molar-refractivity contribution in [3.05, 3.63) is 46.3 Å². The molecule has 2 aliphatic rings. The number of fused-ring (bicyclic) bond motifs is 2. The molecule has 8 heteroatoms. The highest BCUT2D eigenvalue weighted by molar-refractivity contribution is 5.13. The molecule has 2 bridgehead atoms. The Labute approximate surface area is 139 Å². The van der Waals surface area contributed by atoms with Crippen LogP contribution >= 0.6 is 0 Å². The van der Waals surface area contributed by atoms with E-state index in [0.717, 1.165) is 5.56 Å². The maximum absolute atomic E-state index is 10.4. The van der Waals surface area contributed by atoms with Gasteiger partial charge in [-0.05, 0) is 11.1 Å². The zero-order chi connectivity index (χ0) is 17.0. The van der Waals surface area contributed by atoms with Crippen LogP contribution in [-0.4, -0.2) is 55.6 Å². The van der Waals surface area contributed by atoms with Crippen molar-refractivity contribution in [3.8, 4) is 0 Å². The fraction of sp³-hybridized carbons (Fsp3) is 0.625. The number of ether oxygens (including phenoxy) is 4. The summed E-state index contributed by atoms with van der Waals surface area (Å²) < 4.78 is 23.0. The smallest absolute Gasteiger partial charge is 0.188 e. The first-order valence-corrected chi connectivity index (χ1v) is 7.85. The van der Waals surface area contributed by atoms with Crippen LogP contribution in [0.5, 0.6) is 0 Å². The molecule has 130 valence electrons. The van der Waals surface area contributed by atoms with E-state index >= 15 is 0 Å². The van der Waals surface area contributed by atoms with Gasteiger partial charge in [0.2, 0.25) is 0 Å². The number of hydrogen-bond acceptors (Lipinski definition) is 6. The highest BCUT2D eigenvalue weighted by Gasteiger charge is 2.55. The molecule has 0 unspecified atom stereocenters. The van der Waals surface area contributed by atoms with Gasteiger partial charge in [-0.25, -0.2) is 0 Å². The Morgan fingerprint density at radius 2 is 2.21 bits per heavy atom. The number of nitrogens with zero attached hydrogens (tertiary/aromatic N) is 3. The minimum atomic E-state index is -0.923. The van der Waals surface area contributed by atoms with E-state index in [1.807, 2.05) is 30.3 Å². The van der Waals surface area contributed by atoms with Gasteiger partial charge in [0.1, 0.15) is 5.60 Å². The molecule has 0 radical (unpaired) electrons. The number of aliphatic hydroxyl groups excluding tert-OH is 1. The zero-order valence-electron chi connectivity index (χ0n) is 13.4. The first kappa shape index (κ1) is 17.2. The van der Waals surface area contributed by atoms with Gasteiger partial charge >= 0.3 is 0 Å². The van der Waals surface area contributed by atoms with Crippen LogP contribution in [0.3, 0.4) is 0 Å². The molecule has 0 amide bonds. The van der Waals surface area contributed by atoms with Crippen molar-refractivity contribution in [2.24, 2.45) is 5.11 Å². The van der Waals surface area contributed by atoms with Gasteiger partial charge in [0.15, 0.2) is 6.29 Å².